The molecule has 0 amide bonds. The fourth-order valence-corrected chi connectivity index (χ4v) is 2.65. The lowest BCUT2D eigenvalue weighted by atomic mass is 10.3. The van der Waals surface area contributed by atoms with Gasteiger partial charge in [0.2, 0.25) is 0 Å². The molecule has 1 N–H and O–H groups in total. The highest BCUT2D eigenvalue weighted by Gasteiger charge is 2.11. The number of aryl methyl sites for hydroxylation is 2. The minimum atomic E-state index is 0.339. The zero-order valence-electron chi connectivity index (χ0n) is 12.5. The number of aromatic nitrogens is 2. The quantitative estimate of drug-likeness (QED) is 0.707. The van der Waals surface area contributed by atoms with Gasteiger partial charge in [0.25, 0.3) is 0 Å². The van der Waals surface area contributed by atoms with Gasteiger partial charge in [0.1, 0.15) is 0 Å². The maximum atomic E-state index is 5.51. The van der Waals surface area contributed by atoms with Crippen LogP contribution in [-0.2, 0) is 24.8 Å². The third-order valence-electron chi connectivity index (χ3n) is 2.99. The molecule has 1 heterocycles. The zero-order chi connectivity index (χ0) is 14.3. The van der Waals surface area contributed by atoms with Crippen LogP contribution in [0.1, 0.15) is 45.0 Å². The molecule has 110 valence electrons. The third kappa shape index (κ3) is 5.63. The molecule has 0 unspecified atom stereocenters. The van der Waals surface area contributed by atoms with Crippen LogP contribution in [0.4, 0.5) is 0 Å². The van der Waals surface area contributed by atoms with Crippen molar-refractivity contribution in [3.8, 4) is 0 Å². The van der Waals surface area contributed by atoms with E-state index in [1.807, 2.05) is 11.7 Å². The van der Waals surface area contributed by atoms with Crippen molar-refractivity contribution in [3.05, 3.63) is 15.9 Å². The number of unbranched alkanes of at least 4 members (excludes halogenated alkanes) is 1. The number of halogens is 1. The molecule has 0 radical (unpaired) electrons. The van der Waals surface area contributed by atoms with Crippen LogP contribution in [0, 0.1) is 0 Å². The second-order valence-corrected chi connectivity index (χ2v) is 5.78. The molecule has 5 heteroatoms. The molecule has 0 fully saturated rings. The Bertz CT molecular complexity index is 377. The Kier molecular flexibility index (Phi) is 7.64. The lowest BCUT2D eigenvalue weighted by Crippen LogP contribution is -2.18. The van der Waals surface area contributed by atoms with Gasteiger partial charge in [-0.3, -0.25) is 4.68 Å². The molecule has 0 spiro atoms. The predicted molar refractivity (Wildman–Crippen MR) is 82.3 cm³/mol. The molecule has 0 aliphatic carbocycles. The van der Waals surface area contributed by atoms with Crippen LogP contribution in [0.2, 0.25) is 0 Å². The number of rotatable bonds is 9. The van der Waals surface area contributed by atoms with Gasteiger partial charge in [-0.05, 0) is 55.6 Å². The lowest BCUT2D eigenvalue weighted by Gasteiger charge is -2.08. The summed E-state index contributed by atoms with van der Waals surface area (Å²) in [5, 5.41) is 7.95. The van der Waals surface area contributed by atoms with E-state index < -0.39 is 0 Å². The Morgan fingerprint density at radius 2 is 2.11 bits per heavy atom. The zero-order valence-corrected chi connectivity index (χ0v) is 14.1. The summed E-state index contributed by atoms with van der Waals surface area (Å²) >= 11 is 3.63. The Morgan fingerprint density at radius 3 is 2.68 bits per heavy atom. The Hall–Kier alpha value is -0.390. The standard InChI is InChI=1S/C14H26BrN3O/c1-5-12-14(15)13(18(4)17-12)10-16-8-6-7-9-19-11(2)3/h11,16H,5-10H2,1-4H3. The van der Waals surface area contributed by atoms with Gasteiger partial charge in [-0.25, -0.2) is 0 Å². The Balaban J connectivity index is 2.21. The molecule has 0 saturated carbocycles. The summed E-state index contributed by atoms with van der Waals surface area (Å²) in [5.41, 5.74) is 2.35. The van der Waals surface area contributed by atoms with E-state index in [2.05, 4.69) is 47.1 Å². The van der Waals surface area contributed by atoms with E-state index >= 15 is 0 Å². The summed E-state index contributed by atoms with van der Waals surface area (Å²) in [7, 11) is 2.00. The third-order valence-corrected chi connectivity index (χ3v) is 3.91. The van der Waals surface area contributed by atoms with Crippen molar-refractivity contribution in [2.45, 2.75) is 52.7 Å². The second kappa shape index (κ2) is 8.72. The van der Waals surface area contributed by atoms with Crippen molar-refractivity contribution in [2.75, 3.05) is 13.2 Å². The highest BCUT2D eigenvalue weighted by Crippen LogP contribution is 2.21. The molecule has 0 aliphatic rings. The Labute approximate surface area is 125 Å². The number of hydrogen-bond donors (Lipinski definition) is 1. The van der Waals surface area contributed by atoms with Gasteiger partial charge in [0, 0.05) is 20.2 Å². The summed E-state index contributed by atoms with van der Waals surface area (Å²) in [5.74, 6) is 0. The molecule has 4 nitrogen and oxygen atoms in total. The van der Waals surface area contributed by atoms with Crippen molar-refractivity contribution < 1.29 is 4.74 Å². The monoisotopic (exact) mass is 331 g/mol. The molecular weight excluding hydrogens is 306 g/mol. The van der Waals surface area contributed by atoms with Crippen molar-refractivity contribution >= 4 is 15.9 Å². The van der Waals surface area contributed by atoms with Crippen molar-refractivity contribution in [3.63, 3.8) is 0 Å². The Morgan fingerprint density at radius 1 is 1.37 bits per heavy atom. The van der Waals surface area contributed by atoms with E-state index in [-0.39, 0.29) is 0 Å². The van der Waals surface area contributed by atoms with E-state index in [1.165, 1.54) is 5.69 Å². The molecular formula is C14H26BrN3O. The topological polar surface area (TPSA) is 39.1 Å². The van der Waals surface area contributed by atoms with Gasteiger partial charge in [0.05, 0.1) is 22.0 Å². The first-order valence-electron chi connectivity index (χ1n) is 7.08. The highest BCUT2D eigenvalue weighted by atomic mass is 79.9. The van der Waals surface area contributed by atoms with Gasteiger partial charge in [-0.1, -0.05) is 6.92 Å². The number of ether oxygens (including phenoxy) is 1. The van der Waals surface area contributed by atoms with Gasteiger partial charge in [-0.2, -0.15) is 5.10 Å². The number of nitrogens with zero attached hydrogens (tertiary/aromatic N) is 2. The van der Waals surface area contributed by atoms with E-state index in [0.717, 1.165) is 49.1 Å². The first kappa shape index (κ1) is 16.7. The van der Waals surface area contributed by atoms with Gasteiger partial charge < -0.3 is 10.1 Å². The van der Waals surface area contributed by atoms with E-state index in [4.69, 9.17) is 4.74 Å². The van der Waals surface area contributed by atoms with Crippen molar-refractivity contribution in [1.82, 2.24) is 15.1 Å². The number of nitrogens with one attached hydrogen (secondary N) is 1. The molecule has 0 aromatic carbocycles. The summed E-state index contributed by atoms with van der Waals surface area (Å²) in [4.78, 5) is 0. The molecule has 19 heavy (non-hydrogen) atoms. The van der Waals surface area contributed by atoms with E-state index in [9.17, 15) is 0 Å². The second-order valence-electron chi connectivity index (χ2n) is 4.99. The van der Waals surface area contributed by atoms with E-state index in [1.54, 1.807) is 0 Å². The lowest BCUT2D eigenvalue weighted by molar-refractivity contribution is 0.0760. The minimum Gasteiger partial charge on any atom is -0.379 e. The van der Waals surface area contributed by atoms with Crippen LogP contribution in [0.25, 0.3) is 0 Å². The highest BCUT2D eigenvalue weighted by molar-refractivity contribution is 9.10. The smallest absolute Gasteiger partial charge is 0.0767 e. The van der Waals surface area contributed by atoms with Crippen LogP contribution in [0.15, 0.2) is 4.47 Å². The minimum absolute atomic E-state index is 0.339. The molecule has 1 aromatic heterocycles. The molecule has 0 aliphatic heterocycles. The fraction of sp³-hybridized carbons (Fsp3) is 0.786. The normalized spacial score (nSPS) is 11.5. The molecule has 0 saturated heterocycles. The summed E-state index contributed by atoms with van der Waals surface area (Å²) in [6, 6.07) is 0. The molecule has 1 aromatic rings. The fourth-order valence-electron chi connectivity index (χ4n) is 1.89. The summed E-state index contributed by atoms with van der Waals surface area (Å²) in [6.07, 6.45) is 3.55. The first-order valence-corrected chi connectivity index (χ1v) is 7.88. The van der Waals surface area contributed by atoms with Gasteiger partial charge >= 0.3 is 0 Å². The average Bonchev–Trinajstić information content (AvgIpc) is 2.64. The molecule has 1 rings (SSSR count). The molecule has 0 bridgehead atoms. The van der Waals surface area contributed by atoms with E-state index in [0.29, 0.717) is 6.10 Å². The summed E-state index contributed by atoms with van der Waals surface area (Å²) < 4.78 is 8.62. The van der Waals surface area contributed by atoms with Gasteiger partial charge in [-0.15, -0.1) is 0 Å². The maximum absolute atomic E-state index is 5.51. The largest absolute Gasteiger partial charge is 0.379 e. The first-order chi connectivity index (χ1) is 9.06. The molecule has 0 atom stereocenters. The predicted octanol–water partition coefficient (Wildman–Crippen LogP) is 3.04. The van der Waals surface area contributed by atoms with Crippen LogP contribution >= 0.6 is 15.9 Å². The van der Waals surface area contributed by atoms with Crippen LogP contribution in [-0.4, -0.2) is 29.0 Å². The average molecular weight is 332 g/mol. The van der Waals surface area contributed by atoms with Gasteiger partial charge in [0.15, 0.2) is 0 Å². The summed E-state index contributed by atoms with van der Waals surface area (Å²) in [6.45, 7) is 9.00. The number of hydrogen-bond acceptors (Lipinski definition) is 3. The van der Waals surface area contributed by atoms with Crippen LogP contribution in [0.5, 0.6) is 0 Å². The van der Waals surface area contributed by atoms with Crippen LogP contribution in [0.3, 0.4) is 0 Å². The SMILES string of the molecule is CCc1nn(C)c(CNCCCCOC(C)C)c1Br. The van der Waals surface area contributed by atoms with Crippen molar-refractivity contribution in [2.24, 2.45) is 7.05 Å². The van der Waals surface area contributed by atoms with Crippen molar-refractivity contribution in [1.29, 1.82) is 0 Å². The maximum Gasteiger partial charge on any atom is 0.0767 e. The van der Waals surface area contributed by atoms with Crippen LogP contribution < -0.4 is 5.32 Å².